The number of rotatable bonds is 34. The molecule has 0 saturated carbocycles. The maximum atomic E-state index is 12.4. The Morgan fingerprint density at radius 2 is 1.04 bits per heavy atom. The fourth-order valence-electron chi connectivity index (χ4n) is 5.01. The molecule has 0 unspecified atom stereocenters. The van der Waals surface area contributed by atoms with Gasteiger partial charge in [0.1, 0.15) is 6.61 Å². The second-order valence-corrected chi connectivity index (χ2v) is 13.6. The Bertz CT molecular complexity index is 950. The molecule has 0 aliphatic rings. The molecule has 0 rings (SSSR count). The smallest absolute Gasteiger partial charge is 0.462 e. The highest BCUT2D eigenvalue weighted by molar-refractivity contribution is 7.46. The number of esters is 2. The van der Waals surface area contributed by atoms with Crippen molar-refractivity contribution in [2.75, 3.05) is 13.2 Å². The Morgan fingerprint density at radius 1 is 0.604 bits per heavy atom. The second-order valence-electron chi connectivity index (χ2n) is 12.3. The van der Waals surface area contributed by atoms with E-state index in [0.717, 1.165) is 64.2 Å². The van der Waals surface area contributed by atoms with Gasteiger partial charge in [-0.2, -0.15) is 0 Å². The average molecular weight is 695 g/mol. The van der Waals surface area contributed by atoms with Crippen LogP contribution in [0.4, 0.5) is 0 Å². The predicted molar refractivity (Wildman–Crippen MR) is 197 cm³/mol. The molecular formula is C39H67O8P. The van der Waals surface area contributed by atoms with Crippen molar-refractivity contribution in [2.45, 2.75) is 161 Å². The van der Waals surface area contributed by atoms with Crippen LogP contribution in [-0.4, -0.2) is 41.0 Å². The minimum atomic E-state index is -4.76. The number of ether oxygens (including phenoxy) is 2. The maximum Gasteiger partial charge on any atom is 0.469 e. The van der Waals surface area contributed by atoms with Crippen LogP contribution in [-0.2, 0) is 28.2 Å². The highest BCUT2D eigenvalue weighted by atomic mass is 31.2. The number of hydrogen-bond donors (Lipinski definition) is 2. The van der Waals surface area contributed by atoms with Crippen molar-refractivity contribution in [2.24, 2.45) is 0 Å². The van der Waals surface area contributed by atoms with Crippen LogP contribution in [0.1, 0.15) is 155 Å². The lowest BCUT2D eigenvalue weighted by Gasteiger charge is -2.18. The predicted octanol–water partition coefficient (Wildman–Crippen LogP) is 11.0. The summed E-state index contributed by atoms with van der Waals surface area (Å²) in [7, 11) is -4.76. The molecule has 0 radical (unpaired) electrons. The van der Waals surface area contributed by atoms with E-state index < -0.39 is 32.5 Å². The Kier molecular flexibility index (Phi) is 33.0. The van der Waals surface area contributed by atoms with E-state index in [9.17, 15) is 14.2 Å². The molecule has 0 aromatic rings. The van der Waals surface area contributed by atoms with Crippen molar-refractivity contribution in [3.63, 3.8) is 0 Å². The van der Waals surface area contributed by atoms with Crippen LogP contribution in [0.15, 0.2) is 61.3 Å². The fraction of sp³-hybridized carbons (Fsp3) is 0.692. The van der Waals surface area contributed by atoms with E-state index >= 15 is 0 Å². The monoisotopic (exact) mass is 694 g/mol. The van der Waals surface area contributed by atoms with Crippen LogP contribution >= 0.6 is 7.82 Å². The first-order valence-corrected chi connectivity index (χ1v) is 20.1. The summed E-state index contributed by atoms with van der Waals surface area (Å²) >= 11 is 0. The number of phosphoric ester groups is 1. The molecule has 8 nitrogen and oxygen atoms in total. The number of carbonyl (C=O) groups excluding carboxylic acids is 2. The van der Waals surface area contributed by atoms with E-state index in [-0.39, 0.29) is 19.4 Å². The topological polar surface area (TPSA) is 119 Å². The molecule has 0 bridgehead atoms. The van der Waals surface area contributed by atoms with Gasteiger partial charge in [0.05, 0.1) is 6.61 Å². The summed E-state index contributed by atoms with van der Waals surface area (Å²) in [6.45, 7) is 5.02. The molecule has 0 aliphatic heterocycles. The molecule has 0 amide bonds. The Morgan fingerprint density at radius 3 is 1.54 bits per heavy atom. The zero-order valence-corrected chi connectivity index (χ0v) is 30.8. The van der Waals surface area contributed by atoms with E-state index in [1.54, 1.807) is 0 Å². The van der Waals surface area contributed by atoms with Crippen molar-refractivity contribution >= 4 is 19.8 Å². The highest BCUT2D eigenvalue weighted by Gasteiger charge is 2.22. The first-order valence-electron chi connectivity index (χ1n) is 18.6. The summed E-state index contributed by atoms with van der Waals surface area (Å²) in [5.41, 5.74) is 0. The Labute approximate surface area is 292 Å². The lowest BCUT2D eigenvalue weighted by Crippen LogP contribution is -2.29. The number of allylic oxidation sites excluding steroid dienone is 9. The molecule has 1 atom stereocenters. The van der Waals surface area contributed by atoms with E-state index in [1.807, 2.05) is 36.5 Å². The molecule has 2 N–H and O–H groups in total. The molecule has 48 heavy (non-hydrogen) atoms. The number of unbranched alkanes of at least 4 members (excludes halogenated alkanes) is 18. The quantitative estimate of drug-likeness (QED) is 0.0224. The first-order chi connectivity index (χ1) is 23.3. The zero-order chi connectivity index (χ0) is 35.4. The van der Waals surface area contributed by atoms with Gasteiger partial charge in [-0.05, 0) is 44.9 Å². The van der Waals surface area contributed by atoms with Gasteiger partial charge in [-0.25, -0.2) is 4.57 Å². The molecule has 0 fully saturated rings. The van der Waals surface area contributed by atoms with E-state index in [1.165, 1.54) is 57.8 Å². The summed E-state index contributed by atoms with van der Waals surface area (Å²) in [4.78, 5) is 42.7. The van der Waals surface area contributed by atoms with Gasteiger partial charge in [-0.3, -0.25) is 14.1 Å². The van der Waals surface area contributed by atoms with Gasteiger partial charge in [0, 0.05) is 12.8 Å². The Hall–Kier alpha value is -2.25. The maximum absolute atomic E-state index is 12.4. The Balaban J connectivity index is 4.00. The lowest BCUT2D eigenvalue weighted by atomic mass is 10.0. The van der Waals surface area contributed by atoms with Crippen LogP contribution in [0.3, 0.4) is 0 Å². The standard InChI is InChI=1S/C39H67O8P/c1-3-5-7-9-11-13-15-17-19-21-23-25-27-29-31-33-38(40)45-35-37(36-46-48(42,43)44)47-39(41)34-32-30-28-26-24-22-20-18-16-14-12-10-8-6-4-2/h4-5,7,9,11,13,15,17,19,37H,2-3,6,8,10,12,14,16,18,20-36H2,1H3,(H2,42,43,44)/b7-5+,11-9+,15-13+,19-17+/t37-/m1/s1. The number of hydrogen-bond acceptors (Lipinski definition) is 6. The SMILES string of the molecule is C=CCCCCCCCCCCCCCCCC(=O)O[C@H](COC(=O)CCCCCCC/C=C/C=C/C=C/C=C/CC)COP(=O)(O)O. The van der Waals surface area contributed by atoms with Crippen molar-refractivity contribution in [3.05, 3.63) is 61.3 Å². The highest BCUT2D eigenvalue weighted by Crippen LogP contribution is 2.36. The first kappa shape index (κ1) is 45.8. The summed E-state index contributed by atoms with van der Waals surface area (Å²) in [5, 5.41) is 0. The lowest BCUT2D eigenvalue weighted by molar-refractivity contribution is -0.161. The van der Waals surface area contributed by atoms with Crippen LogP contribution in [0.2, 0.25) is 0 Å². The summed E-state index contributed by atoms with van der Waals surface area (Å²) in [5.74, 6) is -0.919. The van der Waals surface area contributed by atoms with Gasteiger partial charge < -0.3 is 19.3 Å². The van der Waals surface area contributed by atoms with Crippen molar-refractivity contribution in [3.8, 4) is 0 Å². The van der Waals surface area contributed by atoms with Gasteiger partial charge in [-0.15, -0.1) is 6.58 Å². The third kappa shape index (κ3) is 36.6. The van der Waals surface area contributed by atoms with Crippen molar-refractivity contribution in [1.29, 1.82) is 0 Å². The number of carbonyl (C=O) groups is 2. The number of phosphoric acid groups is 1. The molecule has 9 heteroatoms. The van der Waals surface area contributed by atoms with Crippen molar-refractivity contribution in [1.82, 2.24) is 0 Å². The molecule has 0 heterocycles. The molecule has 0 spiro atoms. The summed E-state index contributed by atoms with van der Waals surface area (Å²) in [6, 6.07) is 0. The minimum absolute atomic E-state index is 0.202. The van der Waals surface area contributed by atoms with Gasteiger partial charge in [0.2, 0.25) is 0 Å². The van der Waals surface area contributed by atoms with E-state index in [2.05, 4.69) is 36.3 Å². The van der Waals surface area contributed by atoms with Crippen molar-refractivity contribution < 1.29 is 37.9 Å². The second kappa shape index (κ2) is 34.6. The van der Waals surface area contributed by atoms with E-state index in [4.69, 9.17) is 19.3 Å². The summed E-state index contributed by atoms with van der Waals surface area (Å²) in [6.07, 6.45) is 41.2. The molecule has 0 aromatic carbocycles. The van der Waals surface area contributed by atoms with Crippen LogP contribution in [0, 0.1) is 0 Å². The van der Waals surface area contributed by atoms with Crippen LogP contribution < -0.4 is 0 Å². The third-order valence-electron chi connectivity index (χ3n) is 7.76. The van der Waals surface area contributed by atoms with Crippen LogP contribution in [0.25, 0.3) is 0 Å². The molecular weight excluding hydrogens is 627 g/mol. The van der Waals surface area contributed by atoms with Gasteiger partial charge in [0.25, 0.3) is 0 Å². The van der Waals surface area contributed by atoms with E-state index in [0.29, 0.717) is 12.8 Å². The molecule has 0 aliphatic carbocycles. The van der Waals surface area contributed by atoms with Gasteiger partial charge in [0.15, 0.2) is 6.10 Å². The van der Waals surface area contributed by atoms with Gasteiger partial charge >= 0.3 is 19.8 Å². The minimum Gasteiger partial charge on any atom is -0.462 e. The van der Waals surface area contributed by atoms with Gasteiger partial charge in [-0.1, -0.05) is 151 Å². The normalized spacial score (nSPS) is 12.9. The molecule has 0 saturated heterocycles. The third-order valence-corrected chi connectivity index (χ3v) is 8.25. The summed E-state index contributed by atoms with van der Waals surface area (Å²) < 4.78 is 26.3. The molecule has 276 valence electrons. The molecule has 0 aromatic heterocycles. The zero-order valence-electron chi connectivity index (χ0n) is 29.9. The largest absolute Gasteiger partial charge is 0.469 e. The van der Waals surface area contributed by atoms with Crippen LogP contribution in [0.5, 0.6) is 0 Å². The average Bonchev–Trinajstić information content (AvgIpc) is 3.05. The fourth-order valence-corrected chi connectivity index (χ4v) is 5.37.